The number of rotatable bonds is 2. The molecule has 24 heavy (non-hydrogen) atoms. The molecule has 0 spiro atoms. The highest BCUT2D eigenvalue weighted by Gasteiger charge is 2.37. The molecule has 1 aromatic carbocycles. The summed E-state index contributed by atoms with van der Waals surface area (Å²) in [6.07, 6.45) is 6.40. The van der Waals surface area contributed by atoms with Crippen LogP contribution in [0.3, 0.4) is 0 Å². The summed E-state index contributed by atoms with van der Waals surface area (Å²) in [7, 11) is 4.19. The highest BCUT2D eigenvalue weighted by molar-refractivity contribution is 5.70. The minimum Gasteiger partial charge on any atom is -0.347 e. The van der Waals surface area contributed by atoms with Crippen molar-refractivity contribution in [3.8, 4) is 0 Å². The van der Waals surface area contributed by atoms with Crippen LogP contribution in [0.5, 0.6) is 0 Å². The third kappa shape index (κ3) is 2.64. The lowest BCUT2D eigenvalue weighted by Gasteiger charge is -2.23. The molecular formula is C21H26N3+. The summed E-state index contributed by atoms with van der Waals surface area (Å²) < 4.78 is 2.11. The molecule has 0 aliphatic carbocycles. The van der Waals surface area contributed by atoms with E-state index < -0.39 is 0 Å². The molecule has 1 aromatic heterocycles. The number of fused-ring (bicyclic) bond motifs is 1. The fourth-order valence-corrected chi connectivity index (χ4v) is 3.54. The molecule has 0 radical (unpaired) electrons. The largest absolute Gasteiger partial charge is 0.347 e. The maximum absolute atomic E-state index is 4.63. The van der Waals surface area contributed by atoms with Gasteiger partial charge in [0.15, 0.2) is 5.69 Å². The van der Waals surface area contributed by atoms with Crippen LogP contribution in [-0.4, -0.2) is 12.0 Å². The Morgan fingerprint density at radius 2 is 1.88 bits per heavy atom. The van der Waals surface area contributed by atoms with Gasteiger partial charge < -0.3 is 4.90 Å². The Hall–Kier alpha value is -2.42. The van der Waals surface area contributed by atoms with Gasteiger partial charge in [0.05, 0.1) is 7.05 Å². The van der Waals surface area contributed by atoms with E-state index >= 15 is 0 Å². The number of nitrogens with zero attached hydrogens (tertiary/aromatic N) is 3. The first-order chi connectivity index (χ1) is 11.3. The molecule has 1 aliphatic rings. The number of para-hydroxylation sites is 1. The maximum Gasteiger partial charge on any atom is 0.323 e. The van der Waals surface area contributed by atoms with Crippen molar-refractivity contribution >= 4 is 11.8 Å². The van der Waals surface area contributed by atoms with E-state index in [-0.39, 0.29) is 5.41 Å². The van der Waals surface area contributed by atoms with Crippen LogP contribution in [0.15, 0.2) is 48.2 Å². The summed E-state index contributed by atoms with van der Waals surface area (Å²) in [5.41, 5.74) is 6.23. The van der Waals surface area contributed by atoms with Crippen LogP contribution in [0.25, 0.3) is 6.08 Å². The number of allylic oxidation sites excluding steroid dienone is 3. The van der Waals surface area contributed by atoms with Crippen LogP contribution in [0.2, 0.25) is 0 Å². The Morgan fingerprint density at radius 1 is 1.17 bits per heavy atom. The quantitative estimate of drug-likeness (QED) is 0.783. The zero-order valence-electron chi connectivity index (χ0n) is 15.5. The number of benzene rings is 1. The van der Waals surface area contributed by atoms with E-state index in [1.165, 1.54) is 22.6 Å². The predicted molar refractivity (Wildman–Crippen MR) is 99.9 cm³/mol. The minimum absolute atomic E-state index is 0.00776. The van der Waals surface area contributed by atoms with E-state index in [1.807, 2.05) is 6.92 Å². The van der Waals surface area contributed by atoms with Crippen molar-refractivity contribution in [2.75, 3.05) is 11.9 Å². The monoisotopic (exact) mass is 320 g/mol. The summed E-state index contributed by atoms with van der Waals surface area (Å²) in [6.45, 7) is 8.70. The van der Waals surface area contributed by atoms with E-state index in [2.05, 4.69) is 97.9 Å². The molecule has 0 bridgehead atoms. The second-order valence-corrected chi connectivity index (χ2v) is 7.07. The second kappa shape index (κ2) is 5.90. The molecule has 2 aromatic rings. The summed E-state index contributed by atoms with van der Waals surface area (Å²) >= 11 is 0. The normalized spacial score (nSPS) is 17.8. The number of aryl methyl sites for hydroxylation is 2. The summed E-state index contributed by atoms with van der Waals surface area (Å²) in [4.78, 5) is 6.91. The van der Waals surface area contributed by atoms with Gasteiger partial charge in [-0.2, -0.15) is 0 Å². The number of likely N-dealkylation sites (N-methyl/N-ethyl adjacent to an activating group) is 1. The number of hydrogen-bond donors (Lipinski definition) is 0. The fourth-order valence-electron chi connectivity index (χ4n) is 3.54. The van der Waals surface area contributed by atoms with E-state index in [0.29, 0.717) is 0 Å². The fraction of sp³-hybridized carbons (Fsp3) is 0.333. The Labute approximate surface area is 145 Å². The van der Waals surface area contributed by atoms with E-state index in [0.717, 1.165) is 11.5 Å². The van der Waals surface area contributed by atoms with Gasteiger partial charge >= 0.3 is 5.82 Å². The number of aromatic nitrogens is 2. The van der Waals surface area contributed by atoms with Gasteiger partial charge in [0.1, 0.15) is 5.69 Å². The van der Waals surface area contributed by atoms with Crippen LogP contribution in [-0.2, 0) is 12.5 Å². The van der Waals surface area contributed by atoms with Crippen LogP contribution >= 0.6 is 0 Å². The molecule has 124 valence electrons. The zero-order chi connectivity index (χ0) is 17.5. The van der Waals surface area contributed by atoms with Crippen molar-refractivity contribution in [2.24, 2.45) is 7.05 Å². The third-order valence-corrected chi connectivity index (χ3v) is 5.02. The lowest BCUT2D eigenvalue weighted by Crippen LogP contribution is -2.36. The molecule has 1 aliphatic heterocycles. The van der Waals surface area contributed by atoms with Gasteiger partial charge in [-0.3, -0.25) is 0 Å². The molecule has 0 atom stereocenters. The summed E-state index contributed by atoms with van der Waals surface area (Å²) in [6, 6.07) is 10.7. The number of hydrogen-bond acceptors (Lipinski definition) is 2. The third-order valence-electron chi connectivity index (χ3n) is 5.02. The van der Waals surface area contributed by atoms with Gasteiger partial charge in [0.25, 0.3) is 0 Å². The molecule has 2 heterocycles. The van der Waals surface area contributed by atoms with Crippen molar-refractivity contribution in [1.82, 2.24) is 4.98 Å². The molecule has 0 fully saturated rings. The molecule has 3 heteroatoms. The molecule has 3 nitrogen and oxygen atoms in total. The summed E-state index contributed by atoms with van der Waals surface area (Å²) in [5, 5.41) is 0. The van der Waals surface area contributed by atoms with Gasteiger partial charge in [-0.15, -0.1) is 0 Å². The van der Waals surface area contributed by atoms with Crippen LogP contribution in [0, 0.1) is 13.8 Å². The average molecular weight is 320 g/mol. The first-order valence-electron chi connectivity index (χ1n) is 8.38. The molecular weight excluding hydrogens is 294 g/mol. The Bertz CT molecular complexity index is 844. The Kier molecular flexibility index (Phi) is 4.04. The highest BCUT2D eigenvalue weighted by atomic mass is 15.2. The minimum atomic E-state index is 0.00776. The first kappa shape index (κ1) is 16.4. The van der Waals surface area contributed by atoms with Crippen LogP contribution < -0.4 is 9.47 Å². The summed E-state index contributed by atoms with van der Waals surface area (Å²) in [5.74, 6) is 0.973. The van der Waals surface area contributed by atoms with Crippen molar-refractivity contribution in [2.45, 2.75) is 33.1 Å². The van der Waals surface area contributed by atoms with Crippen molar-refractivity contribution < 1.29 is 4.57 Å². The SMILES string of the molecule is Cc1cc(C)[n+](C)c(C=CC=C2N(C)c3ccccc3C2(C)C)n1. The zero-order valence-corrected chi connectivity index (χ0v) is 15.5. The Morgan fingerprint density at radius 3 is 2.58 bits per heavy atom. The Balaban J connectivity index is 1.96. The van der Waals surface area contributed by atoms with Gasteiger partial charge in [-0.25, -0.2) is 4.57 Å². The van der Waals surface area contributed by atoms with Gasteiger partial charge in [-0.1, -0.05) is 38.1 Å². The van der Waals surface area contributed by atoms with Crippen LogP contribution in [0.1, 0.15) is 36.6 Å². The van der Waals surface area contributed by atoms with Crippen molar-refractivity contribution in [1.29, 1.82) is 0 Å². The van der Waals surface area contributed by atoms with E-state index in [4.69, 9.17) is 0 Å². The lowest BCUT2D eigenvalue weighted by atomic mass is 9.84. The van der Waals surface area contributed by atoms with Crippen LogP contribution in [0.4, 0.5) is 5.69 Å². The molecule has 0 saturated heterocycles. The van der Waals surface area contributed by atoms with Crippen molar-refractivity contribution in [3.05, 3.63) is 71.0 Å². The maximum atomic E-state index is 4.63. The topological polar surface area (TPSA) is 20.0 Å². The van der Waals surface area contributed by atoms with Crippen molar-refractivity contribution in [3.63, 3.8) is 0 Å². The van der Waals surface area contributed by atoms with E-state index in [9.17, 15) is 0 Å². The predicted octanol–water partition coefficient (Wildman–Crippen LogP) is 3.85. The number of anilines is 1. The molecule has 0 amide bonds. The van der Waals surface area contributed by atoms with Gasteiger partial charge in [0, 0.05) is 42.9 Å². The second-order valence-electron chi connectivity index (χ2n) is 7.07. The lowest BCUT2D eigenvalue weighted by molar-refractivity contribution is -0.682. The van der Waals surface area contributed by atoms with E-state index in [1.54, 1.807) is 0 Å². The molecule has 0 saturated carbocycles. The molecule has 3 rings (SSSR count). The smallest absolute Gasteiger partial charge is 0.323 e. The van der Waals surface area contributed by atoms with Gasteiger partial charge in [-0.05, 0) is 29.6 Å². The first-order valence-corrected chi connectivity index (χ1v) is 8.38. The molecule has 0 unspecified atom stereocenters. The standard InChI is InChI=1S/C21H26N3/c1-15-14-16(2)23(5)20(22-15)13-9-12-19-21(3,4)17-10-7-8-11-18(17)24(19)6/h7-14H,1-6H3/q+1. The highest BCUT2D eigenvalue weighted by Crippen LogP contribution is 2.46. The van der Waals surface area contributed by atoms with Gasteiger partial charge in [0.2, 0.25) is 0 Å². The molecule has 0 N–H and O–H groups in total. The average Bonchev–Trinajstić information content (AvgIpc) is 2.73.